The molecule has 1 fully saturated rings. The average Bonchev–Trinajstić information content (AvgIpc) is 2.79. The van der Waals surface area contributed by atoms with Crippen molar-refractivity contribution in [1.82, 2.24) is 10.6 Å². The fourth-order valence-electron chi connectivity index (χ4n) is 2.35. The lowest BCUT2D eigenvalue weighted by Gasteiger charge is -2.17. The van der Waals surface area contributed by atoms with Crippen molar-refractivity contribution in [1.29, 1.82) is 0 Å². The van der Waals surface area contributed by atoms with Crippen LogP contribution in [0.2, 0.25) is 0 Å². The number of benzene rings is 1. The van der Waals surface area contributed by atoms with E-state index in [1.807, 2.05) is 12.1 Å². The smallest absolute Gasteiger partial charge is 0.337 e. The van der Waals surface area contributed by atoms with E-state index in [0.717, 1.165) is 24.4 Å². The minimum Gasteiger partial charge on any atom is -0.466 e. The van der Waals surface area contributed by atoms with Crippen molar-refractivity contribution in [3.63, 3.8) is 0 Å². The minimum absolute atomic E-state index is 0.0672. The molecule has 0 aliphatic carbocycles. The Morgan fingerprint density at radius 1 is 1.14 bits per heavy atom. The van der Waals surface area contributed by atoms with E-state index in [-0.39, 0.29) is 18.0 Å². The number of hydrogen-bond donors (Lipinski definition) is 2. The van der Waals surface area contributed by atoms with Gasteiger partial charge in [0.05, 0.1) is 19.8 Å². The monoisotopic (exact) mass is 304 g/mol. The number of hydrogen-bond acceptors (Lipinski definition) is 6. The van der Waals surface area contributed by atoms with Crippen LogP contribution in [0, 0.1) is 0 Å². The van der Waals surface area contributed by atoms with Crippen LogP contribution in [-0.4, -0.2) is 39.2 Å². The summed E-state index contributed by atoms with van der Waals surface area (Å²) < 4.78 is 9.35. The highest BCUT2D eigenvalue weighted by molar-refractivity contribution is 5.89. The molecule has 2 N–H and O–H groups in total. The van der Waals surface area contributed by atoms with Crippen LogP contribution in [0.25, 0.3) is 0 Å². The second kappa shape index (κ2) is 7.61. The predicted octanol–water partition coefficient (Wildman–Crippen LogP) is 1.15. The van der Waals surface area contributed by atoms with Gasteiger partial charge in [0.15, 0.2) is 0 Å². The van der Waals surface area contributed by atoms with Crippen molar-refractivity contribution >= 4 is 11.9 Å². The molecule has 6 nitrogen and oxygen atoms in total. The van der Waals surface area contributed by atoms with E-state index in [9.17, 15) is 9.59 Å². The summed E-state index contributed by atoms with van der Waals surface area (Å²) in [6, 6.07) is 7.34. The van der Waals surface area contributed by atoms with Gasteiger partial charge in [-0.2, -0.15) is 0 Å². The molecule has 1 aromatic carbocycles. The third-order valence-corrected chi connectivity index (χ3v) is 3.52. The summed E-state index contributed by atoms with van der Waals surface area (Å²) >= 11 is 0. The lowest BCUT2D eigenvalue weighted by atomic mass is 10.0. The number of ether oxygens (including phenoxy) is 2. The van der Waals surface area contributed by atoms with Crippen molar-refractivity contribution in [2.24, 2.45) is 0 Å². The molecule has 0 bridgehead atoms. The van der Waals surface area contributed by atoms with E-state index in [4.69, 9.17) is 0 Å². The lowest BCUT2D eigenvalue weighted by Crippen LogP contribution is -2.23. The maximum atomic E-state index is 11.5. The van der Waals surface area contributed by atoms with Gasteiger partial charge in [-0.1, -0.05) is 12.1 Å². The molecule has 6 heteroatoms. The van der Waals surface area contributed by atoms with Crippen molar-refractivity contribution < 1.29 is 19.1 Å². The first-order valence-corrected chi connectivity index (χ1v) is 7.08. The molecule has 1 unspecified atom stereocenters. The molecule has 1 saturated heterocycles. The Hall–Kier alpha value is -2.34. The van der Waals surface area contributed by atoms with Gasteiger partial charge in [0.2, 0.25) is 0 Å². The molecule has 2 rings (SSSR count). The maximum Gasteiger partial charge on any atom is 0.337 e. The Kier molecular flexibility index (Phi) is 5.55. The number of nitrogens with one attached hydrogen (secondary N) is 2. The van der Waals surface area contributed by atoms with Crippen LogP contribution >= 0.6 is 0 Å². The third-order valence-electron chi connectivity index (χ3n) is 3.52. The highest BCUT2D eigenvalue weighted by atomic mass is 16.5. The molecule has 0 saturated carbocycles. The van der Waals surface area contributed by atoms with Gasteiger partial charge in [-0.3, -0.25) is 0 Å². The number of carbonyl (C=O) groups excluding carboxylic acids is 2. The fraction of sp³-hybridized carbons (Fsp3) is 0.375. The second-order valence-corrected chi connectivity index (χ2v) is 4.94. The molecular formula is C16H20N2O4. The van der Waals surface area contributed by atoms with Crippen LogP contribution in [0.15, 0.2) is 36.0 Å². The largest absolute Gasteiger partial charge is 0.466 e. The number of esters is 2. The van der Waals surface area contributed by atoms with E-state index < -0.39 is 0 Å². The van der Waals surface area contributed by atoms with Gasteiger partial charge in [-0.05, 0) is 17.7 Å². The van der Waals surface area contributed by atoms with Gasteiger partial charge in [0, 0.05) is 37.3 Å². The first kappa shape index (κ1) is 16.0. The summed E-state index contributed by atoms with van der Waals surface area (Å²) in [5, 5.41) is 6.62. The number of rotatable bonds is 3. The van der Waals surface area contributed by atoms with Gasteiger partial charge in [0.25, 0.3) is 0 Å². The molecule has 0 radical (unpaired) electrons. The molecule has 22 heavy (non-hydrogen) atoms. The molecule has 118 valence electrons. The van der Waals surface area contributed by atoms with Crippen LogP contribution in [0.3, 0.4) is 0 Å². The number of carbonyl (C=O) groups is 2. The molecule has 0 amide bonds. The topological polar surface area (TPSA) is 76.7 Å². The van der Waals surface area contributed by atoms with Crippen LogP contribution < -0.4 is 10.6 Å². The summed E-state index contributed by atoms with van der Waals surface area (Å²) in [7, 11) is 2.72. The first-order chi connectivity index (χ1) is 10.6. The standard InChI is InChI=1S/C16H20N2O4/c1-21-15(19)10-13-9-14(18-8-7-17-13)11-3-5-12(6-4-11)16(20)22-2/h3-6,10,14,17-18H,7-9H2,1-2H3/b13-10-. The van der Waals surface area contributed by atoms with Crippen molar-refractivity contribution in [2.45, 2.75) is 12.5 Å². The number of methoxy groups -OCH3 is 2. The molecule has 1 aliphatic heterocycles. The van der Waals surface area contributed by atoms with Gasteiger partial charge < -0.3 is 20.1 Å². The molecule has 1 atom stereocenters. The Morgan fingerprint density at radius 2 is 1.86 bits per heavy atom. The third kappa shape index (κ3) is 4.08. The van der Waals surface area contributed by atoms with Crippen LogP contribution in [0.1, 0.15) is 28.4 Å². The first-order valence-electron chi connectivity index (χ1n) is 7.08. The SMILES string of the molecule is COC(=O)/C=C1/CC(c2ccc(C(=O)OC)cc2)NCCN1. The molecule has 0 aromatic heterocycles. The summed E-state index contributed by atoms with van der Waals surface area (Å²) in [5.41, 5.74) is 2.40. The molecule has 0 spiro atoms. The Morgan fingerprint density at radius 3 is 2.50 bits per heavy atom. The van der Waals surface area contributed by atoms with E-state index >= 15 is 0 Å². The molecule has 1 aromatic rings. The lowest BCUT2D eigenvalue weighted by molar-refractivity contribution is -0.134. The van der Waals surface area contributed by atoms with E-state index in [1.54, 1.807) is 12.1 Å². The normalized spacial score (nSPS) is 19.9. The summed E-state index contributed by atoms with van der Waals surface area (Å²) in [4.78, 5) is 22.8. The van der Waals surface area contributed by atoms with E-state index in [0.29, 0.717) is 12.0 Å². The highest BCUT2D eigenvalue weighted by Crippen LogP contribution is 2.22. The van der Waals surface area contributed by atoms with Gasteiger partial charge in [-0.25, -0.2) is 9.59 Å². The van der Waals surface area contributed by atoms with E-state index in [2.05, 4.69) is 20.1 Å². The zero-order valence-corrected chi connectivity index (χ0v) is 12.7. The predicted molar refractivity (Wildman–Crippen MR) is 81.2 cm³/mol. The van der Waals surface area contributed by atoms with Gasteiger partial charge >= 0.3 is 11.9 Å². The van der Waals surface area contributed by atoms with Gasteiger partial charge in [0.1, 0.15) is 0 Å². The summed E-state index contributed by atoms with van der Waals surface area (Å²) in [6.45, 7) is 1.52. The quantitative estimate of drug-likeness (QED) is 0.644. The van der Waals surface area contributed by atoms with Crippen molar-refractivity contribution in [3.8, 4) is 0 Å². The van der Waals surface area contributed by atoms with Crippen molar-refractivity contribution in [2.75, 3.05) is 27.3 Å². The summed E-state index contributed by atoms with van der Waals surface area (Å²) in [5.74, 6) is -0.725. The van der Waals surface area contributed by atoms with Crippen LogP contribution in [0.5, 0.6) is 0 Å². The Labute approximate surface area is 129 Å². The summed E-state index contributed by atoms with van der Waals surface area (Å²) in [6.07, 6.45) is 2.12. The zero-order valence-electron chi connectivity index (χ0n) is 12.7. The average molecular weight is 304 g/mol. The molecule has 1 heterocycles. The fourth-order valence-corrected chi connectivity index (χ4v) is 2.35. The minimum atomic E-state index is -0.371. The second-order valence-electron chi connectivity index (χ2n) is 4.94. The molecular weight excluding hydrogens is 284 g/mol. The Bertz CT molecular complexity index is 566. The van der Waals surface area contributed by atoms with Gasteiger partial charge in [-0.15, -0.1) is 0 Å². The van der Waals surface area contributed by atoms with E-state index in [1.165, 1.54) is 20.3 Å². The van der Waals surface area contributed by atoms with Crippen LogP contribution in [-0.2, 0) is 14.3 Å². The Balaban J connectivity index is 2.14. The molecule has 1 aliphatic rings. The highest BCUT2D eigenvalue weighted by Gasteiger charge is 2.17. The maximum absolute atomic E-state index is 11.5. The van der Waals surface area contributed by atoms with Crippen LogP contribution in [0.4, 0.5) is 0 Å². The zero-order chi connectivity index (χ0) is 15.9. The van der Waals surface area contributed by atoms with Crippen molar-refractivity contribution in [3.05, 3.63) is 47.2 Å².